The van der Waals surface area contributed by atoms with Gasteiger partial charge in [-0.15, -0.1) is 0 Å². The lowest BCUT2D eigenvalue weighted by molar-refractivity contribution is -0.137. The van der Waals surface area contributed by atoms with E-state index in [9.17, 15) is 9.59 Å². The molecule has 0 bridgehead atoms. The number of hydrogen-bond acceptors (Lipinski definition) is 2. The molecule has 114 valence electrons. The van der Waals surface area contributed by atoms with Crippen LogP contribution < -0.4 is 10.6 Å². The molecule has 1 aliphatic carbocycles. The molecule has 0 radical (unpaired) electrons. The van der Waals surface area contributed by atoms with Crippen molar-refractivity contribution in [1.82, 2.24) is 10.6 Å². The van der Waals surface area contributed by atoms with Crippen molar-refractivity contribution in [3.63, 3.8) is 0 Å². The Hall–Kier alpha value is -2.04. The smallest absolute Gasteiger partial charge is 0.314 e. The third-order valence-corrected chi connectivity index (χ3v) is 3.82. The molecular formula is C16H22N2O3. The molecule has 0 saturated heterocycles. The van der Waals surface area contributed by atoms with Crippen LogP contribution in [-0.2, 0) is 11.2 Å². The summed E-state index contributed by atoms with van der Waals surface area (Å²) in [5.74, 6) is -0.330. The summed E-state index contributed by atoms with van der Waals surface area (Å²) in [5, 5.41) is 14.2. The van der Waals surface area contributed by atoms with Gasteiger partial charge in [0.1, 0.15) is 0 Å². The maximum Gasteiger partial charge on any atom is 0.314 e. The summed E-state index contributed by atoms with van der Waals surface area (Å²) < 4.78 is 0. The molecule has 1 unspecified atom stereocenters. The van der Waals surface area contributed by atoms with E-state index in [2.05, 4.69) is 22.8 Å². The van der Waals surface area contributed by atoms with E-state index in [0.717, 1.165) is 19.3 Å². The summed E-state index contributed by atoms with van der Waals surface area (Å²) in [6, 6.07) is 8.17. The molecule has 2 amide bonds. The summed E-state index contributed by atoms with van der Waals surface area (Å²) in [5.41, 5.74) is 2.72. The van der Waals surface area contributed by atoms with Gasteiger partial charge in [0.25, 0.3) is 0 Å². The largest absolute Gasteiger partial charge is 0.481 e. The quantitative estimate of drug-likeness (QED) is 0.643. The molecule has 0 saturated carbocycles. The van der Waals surface area contributed by atoms with Crippen molar-refractivity contribution < 1.29 is 14.7 Å². The Balaban J connectivity index is 1.52. The van der Waals surface area contributed by atoms with Crippen molar-refractivity contribution in [2.24, 2.45) is 0 Å². The van der Waals surface area contributed by atoms with Crippen molar-refractivity contribution in [3.8, 4) is 0 Å². The average Bonchev–Trinajstić information content (AvgIpc) is 2.43. The molecule has 1 aromatic carbocycles. The maximum absolute atomic E-state index is 11.6. The average molecular weight is 290 g/mol. The molecule has 1 atom stereocenters. The number of fused-ring (bicyclic) bond motifs is 1. The zero-order valence-corrected chi connectivity index (χ0v) is 12.1. The van der Waals surface area contributed by atoms with Gasteiger partial charge < -0.3 is 15.7 Å². The Kier molecular flexibility index (Phi) is 5.60. The van der Waals surface area contributed by atoms with E-state index in [1.165, 1.54) is 11.1 Å². The second-order valence-electron chi connectivity index (χ2n) is 5.44. The Morgan fingerprint density at radius 1 is 1.14 bits per heavy atom. The van der Waals surface area contributed by atoms with Gasteiger partial charge in [-0.2, -0.15) is 0 Å². The Morgan fingerprint density at radius 2 is 1.95 bits per heavy atom. The van der Waals surface area contributed by atoms with E-state index in [1.807, 2.05) is 12.1 Å². The first kappa shape index (κ1) is 15.4. The van der Waals surface area contributed by atoms with Gasteiger partial charge in [-0.05, 0) is 30.4 Å². The maximum atomic E-state index is 11.6. The molecule has 0 aliphatic heterocycles. The van der Waals surface area contributed by atoms with E-state index in [1.54, 1.807) is 0 Å². The summed E-state index contributed by atoms with van der Waals surface area (Å²) >= 11 is 0. The van der Waals surface area contributed by atoms with E-state index >= 15 is 0 Å². The number of unbranched alkanes of at least 4 members (excludes halogenated alkanes) is 2. The molecule has 0 aromatic heterocycles. The van der Waals surface area contributed by atoms with Crippen LogP contribution in [-0.4, -0.2) is 30.2 Å². The van der Waals surface area contributed by atoms with Crippen molar-refractivity contribution >= 4 is 12.0 Å². The van der Waals surface area contributed by atoms with Gasteiger partial charge in [-0.1, -0.05) is 30.7 Å². The monoisotopic (exact) mass is 290 g/mol. The van der Waals surface area contributed by atoms with E-state index in [0.29, 0.717) is 25.4 Å². The number of carbonyl (C=O) groups is 2. The normalized spacial score (nSPS) is 15.7. The number of urea groups is 1. The van der Waals surface area contributed by atoms with Crippen LogP contribution in [0.4, 0.5) is 4.79 Å². The minimum atomic E-state index is -0.763. The number of benzene rings is 1. The summed E-state index contributed by atoms with van der Waals surface area (Å²) in [6.07, 6.45) is 3.53. The number of amides is 2. The lowest BCUT2D eigenvalue weighted by Gasteiger charge is -2.30. The molecule has 5 heteroatoms. The Labute approximate surface area is 124 Å². The van der Waals surface area contributed by atoms with Gasteiger partial charge in [0.2, 0.25) is 0 Å². The highest BCUT2D eigenvalue weighted by atomic mass is 16.4. The van der Waals surface area contributed by atoms with Crippen molar-refractivity contribution in [2.45, 2.75) is 38.0 Å². The summed E-state index contributed by atoms with van der Waals surface area (Å²) in [4.78, 5) is 22.0. The van der Waals surface area contributed by atoms with E-state index in [-0.39, 0.29) is 12.5 Å². The zero-order valence-electron chi connectivity index (χ0n) is 12.1. The summed E-state index contributed by atoms with van der Waals surface area (Å²) in [7, 11) is 0. The molecule has 0 heterocycles. The Bertz CT molecular complexity index is 502. The number of carboxylic acids is 1. The number of carboxylic acid groups (broad SMARTS) is 1. The SMILES string of the molecule is O=C(O)CCCCCNC(=O)NCC1Cc2ccccc21. The van der Waals surface area contributed by atoms with Gasteiger partial charge >= 0.3 is 12.0 Å². The highest BCUT2D eigenvalue weighted by Crippen LogP contribution is 2.33. The topological polar surface area (TPSA) is 78.4 Å². The molecule has 1 aliphatic rings. The third-order valence-electron chi connectivity index (χ3n) is 3.82. The molecule has 21 heavy (non-hydrogen) atoms. The second kappa shape index (κ2) is 7.67. The highest BCUT2D eigenvalue weighted by molar-refractivity contribution is 5.73. The van der Waals surface area contributed by atoms with Crippen LogP contribution >= 0.6 is 0 Å². The molecule has 0 fully saturated rings. The van der Waals surface area contributed by atoms with E-state index in [4.69, 9.17) is 5.11 Å². The summed E-state index contributed by atoms with van der Waals surface area (Å²) in [6.45, 7) is 1.26. The number of rotatable bonds is 8. The number of hydrogen-bond donors (Lipinski definition) is 3. The minimum absolute atomic E-state index is 0.141. The van der Waals surface area contributed by atoms with Crippen LogP contribution in [0.25, 0.3) is 0 Å². The fourth-order valence-electron chi connectivity index (χ4n) is 2.60. The zero-order chi connectivity index (χ0) is 15.1. The van der Waals surface area contributed by atoms with Gasteiger partial charge in [-0.25, -0.2) is 4.79 Å². The number of aliphatic carboxylic acids is 1. The Morgan fingerprint density at radius 3 is 2.71 bits per heavy atom. The molecule has 3 N–H and O–H groups in total. The van der Waals surface area contributed by atoms with Gasteiger partial charge in [-0.3, -0.25) is 4.79 Å². The van der Waals surface area contributed by atoms with Gasteiger partial charge in [0.15, 0.2) is 0 Å². The first-order valence-corrected chi connectivity index (χ1v) is 7.48. The fourth-order valence-corrected chi connectivity index (χ4v) is 2.60. The van der Waals surface area contributed by atoms with E-state index < -0.39 is 5.97 Å². The molecular weight excluding hydrogens is 268 g/mol. The number of nitrogens with one attached hydrogen (secondary N) is 2. The predicted octanol–water partition coefficient (Wildman–Crippen LogP) is 2.27. The van der Waals surface area contributed by atoms with Crippen molar-refractivity contribution in [2.75, 3.05) is 13.1 Å². The minimum Gasteiger partial charge on any atom is -0.481 e. The van der Waals surface area contributed by atoms with Crippen LogP contribution in [0.1, 0.15) is 42.7 Å². The van der Waals surface area contributed by atoms with Crippen LogP contribution in [0.3, 0.4) is 0 Å². The van der Waals surface area contributed by atoms with Crippen molar-refractivity contribution in [3.05, 3.63) is 35.4 Å². The lowest BCUT2D eigenvalue weighted by atomic mass is 9.78. The van der Waals surface area contributed by atoms with Gasteiger partial charge in [0, 0.05) is 25.4 Å². The molecule has 5 nitrogen and oxygen atoms in total. The second-order valence-corrected chi connectivity index (χ2v) is 5.44. The number of carbonyl (C=O) groups excluding carboxylic acids is 1. The predicted molar refractivity (Wildman–Crippen MR) is 80.4 cm³/mol. The molecule has 0 spiro atoms. The highest BCUT2D eigenvalue weighted by Gasteiger charge is 2.25. The molecule has 1 aromatic rings. The first-order valence-electron chi connectivity index (χ1n) is 7.48. The first-order chi connectivity index (χ1) is 10.2. The third kappa shape index (κ3) is 4.77. The van der Waals surface area contributed by atoms with Gasteiger partial charge in [0.05, 0.1) is 0 Å². The standard InChI is InChI=1S/C16H22N2O3/c19-15(20)8-2-1-5-9-17-16(21)18-11-13-10-12-6-3-4-7-14(12)13/h3-4,6-7,13H,1-2,5,8-11H2,(H,19,20)(H2,17,18,21). The fraction of sp³-hybridized carbons (Fsp3) is 0.500. The molecule has 2 rings (SSSR count). The van der Waals surface area contributed by atoms with Crippen LogP contribution in [0.2, 0.25) is 0 Å². The van der Waals surface area contributed by atoms with Crippen LogP contribution in [0.15, 0.2) is 24.3 Å². The van der Waals surface area contributed by atoms with Crippen LogP contribution in [0.5, 0.6) is 0 Å². The van der Waals surface area contributed by atoms with Crippen molar-refractivity contribution in [1.29, 1.82) is 0 Å². The lowest BCUT2D eigenvalue weighted by Crippen LogP contribution is -2.40. The van der Waals surface area contributed by atoms with Crippen LogP contribution in [0, 0.1) is 0 Å².